The maximum absolute atomic E-state index is 13.3. The van der Waals surface area contributed by atoms with Gasteiger partial charge in [0.05, 0.1) is 13.2 Å². The van der Waals surface area contributed by atoms with Crippen molar-refractivity contribution in [3.63, 3.8) is 0 Å². The molecule has 0 aliphatic heterocycles. The minimum atomic E-state index is -0.871. The third-order valence-electron chi connectivity index (χ3n) is 5.50. The zero-order valence-electron chi connectivity index (χ0n) is 16.5. The van der Waals surface area contributed by atoms with E-state index in [-0.39, 0.29) is 12.6 Å². The number of methoxy groups -OCH3 is 1. The number of carbonyl (C=O) groups excluding carboxylic acids is 1. The van der Waals surface area contributed by atoms with Crippen molar-refractivity contribution in [3.05, 3.63) is 59.7 Å². The Kier molecular flexibility index (Phi) is 6.68. The summed E-state index contributed by atoms with van der Waals surface area (Å²) in [6.07, 6.45) is 7.02. The Labute approximate surface area is 162 Å². The molecule has 3 heteroatoms. The van der Waals surface area contributed by atoms with Crippen molar-refractivity contribution in [3.8, 4) is 11.1 Å². The summed E-state index contributed by atoms with van der Waals surface area (Å²) in [5.74, 6) is -0.199. The van der Waals surface area contributed by atoms with E-state index >= 15 is 0 Å². The SMILES string of the molecule is CCCCCCCCOC(=O)C1(COC)c2ccccc2-c2ccccc21. The van der Waals surface area contributed by atoms with E-state index in [2.05, 4.69) is 19.1 Å². The fourth-order valence-corrected chi connectivity index (χ4v) is 4.15. The molecule has 3 nitrogen and oxygen atoms in total. The average Bonchev–Trinajstić information content (AvgIpc) is 2.99. The average molecular weight is 367 g/mol. The monoisotopic (exact) mass is 366 g/mol. The highest BCUT2D eigenvalue weighted by molar-refractivity contribution is 5.98. The van der Waals surface area contributed by atoms with E-state index in [0.29, 0.717) is 6.61 Å². The molecule has 0 amide bonds. The summed E-state index contributed by atoms with van der Waals surface area (Å²) in [6, 6.07) is 16.2. The van der Waals surface area contributed by atoms with E-state index < -0.39 is 5.41 Å². The van der Waals surface area contributed by atoms with Crippen LogP contribution in [0.2, 0.25) is 0 Å². The van der Waals surface area contributed by atoms with Crippen LogP contribution in [0.1, 0.15) is 56.6 Å². The lowest BCUT2D eigenvalue weighted by atomic mass is 9.79. The number of benzene rings is 2. The summed E-state index contributed by atoms with van der Waals surface area (Å²) < 4.78 is 11.3. The van der Waals surface area contributed by atoms with Crippen molar-refractivity contribution < 1.29 is 14.3 Å². The molecule has 0 bridgehead atoms. The Morgan fingerprint density at radius 3 is 2.00 bits per heavy atom. The first-order chi connectivity index (χ1) is 13.3. The van der Waals surface area contributed by atoms with Crippen LogP contribution in [0, 0.1) is 0 Å². The van der Waals surface area contributed by atoms with E-state index in [4.69, 9.17) is 9.47 Å². The quantitative estimate of drug-likeness (QED) is 0.411. The van der Waals surface area contributed by atoms with Gasteiger partial charge in [-0.3, -0.25) is 4.79 Å². The second-order valence-electron chi connectivity index (χ2n) is 7.33. The van der Waals surface area contributed by atoms with Gasteiger partial charge in [0.2, 0.25) is 0 Å². The summed E-state index contributed by atoms with van der Waals surface area (Å²) in [4.78, 5) is 13.3. The van der Waals surface area contributed by atoms with E-state index in [1.165, 1.54) is 25.7 Å². The fraction of sp³-hybridized carbons (Fsp3) is 0.458. The predicted octanol–water partition coefficient (Wildman–Crippen LogP) is 5.50. The topological polar surface area (TPSA) is 35.5 Å². The molecule has 0 N–H and O–H groups in total. The molecule has 0 radical (unpaired) electrons. The van der Waals surface area contributed by atoms with Gasteiger partial charge >= 0.3 is 5.97 Å². The van der Waals surface area contributed by atoms with Gasteiger partial charge in [-0.2, -0.15) is 0 Å². The lowest BCUT2D eigenvalue weighted by Crippen LogP contribution is -2.41. The number of unbranched alkanes of at least 4 members (excludes halogenated alkanes) is 5. The van der Waals surface area contributed by atoms with Crippen LogP contribution in [0.5, 0.6) is 0 Å². The highest BCUT2D eigenvalue weighted by atomic mass is 16.5. The minimum Gasteiger partial charge on any atom is -0.465 e. The van der Waals surface area contributed by atoms with Crippen molar-refractivity contribution in [1.29, 1.82) is 0 Å². The van der Waals surface area contributed by atoms with Gasteiger partial charge in [0, 0.05) is 7.11 Å². The summed E-state index contributed by atoms with van der Waals surface area (Å²) in [6.45, 7) is 2.98. The maximum Gasteiger partial charge on any atom is 0.323 e. The van der Waals surface area contributed by atoms with Crippen LogP contribution in [0.4, 0.5) is 0 Å². The Morgan fingerprint density at radius 2 is 1.41 bits per heavy atom. The predicted molar refractivity (Wildman–Crippen MR) is 109 cm³/mol. The highest BCUT2D eigenvalue weighted by Gasteiger charge is 2.50. The second kappa shape index (κ2) is 9.18. The molecule has 2 aromatic carbocycles. The van der Waals surface area contributed by atoms with Crippen molar-refractivity contribution in [2.45, 2.75) is 50.9 Å². The van der Waals surface area contributed by atoms with Crippen LogP contribution in [0.25, 0.3) is 11.1 Å². The van der Waals surface area contributed by atoms with Gasteiger partial charge in [-0.15, -0.1) is 0 Å². The number of esters is 1. The normalized spacial score (nSPS) is 13.9. The van der Waals surface area contributed by atoms with Gasteiger partial charge in [0.1, 0.15) is 5.41 Å². The van der Waals surface area contributed by atoms with E-state index in [9.17, 15) is 4.79 Å². The van der Waals surface area contributed by atoms with Crippen LogP contribution >= 0.6 is 0 Å². The van der Waals surface area contributed by atoms with Crippen molar-refractivity contribution >= 4 is 5.97 Å². The number of hydrogen-bond acceptors (Lipinski definition) is 3. The van der Waals surface area contributed by atoms with E-state index in [0.717, 1.165) is 35.1 Å². The van der Waals surface area contributed by atoms with Crippen LogP contribution in [-0.2, 0) is 19.7 Å². The Hall–Kier alpha value is -2.13. The lowest BCUT2D eigenvalue weighted by molar-refractivity contribution is -0.150. The van der Waals surface area contributed by atoms with Crippen LogP contribution in [0.15, 0.2) is 48.5 Å². The van der Waals surface area contributed by atoms with Gasteiger partial charge in [-0.25, -0.2) is 0 Å². The number of fused-ring (bicyclic) bond motifs is 3. The molecule has 0 unspecified atom stereocenters. The standard InChI is InChI=1S/C24H30O3/c1-3-4-5-6-7-12-17-27-23(25)24(18-26-2)21-15-10-8-13-19(21)20-14-9-11-16-22(20)24/h8-11,13-16H,3-7,12,17-18H2,1-2H3. The first-order valence-electron chi connectivity index (χ1n) is 10.1. The molecule has 144 valence electrons. The van der Waals surface area contributed by atoms with E-state index in [1.54, 1.807) is 7.11 Å². The summed E-state index contributed by atoms with van der Waals surface area (Å²) in [7, 11) is 1.65. The molecule has 1 aliphatic rings. The van der Waals surface area contributed by atoms with Gasteiger partial charge in [-0.05, 0) is 28.7 Å². The number of rotatable bonds is 10. The molecule has 0 fully saturated rings. The number of carbonyl (C=O) groups is 1. The number of ether oxygens (including phenoxy) is 2. The zero-order valence-corrected chi connectivity index (χ0v) is 16.5. The molecular weight excluding hydrogens is 336 g/mol. The van der Waals surface area contributed by atoms with Crippen molar-refractivity contribution in [1.82, 2.24) is 0 Å². The van der Waals surface area contributed by atoms with Gasteiger partial charge in [0.15, 0.2) is 0 Å². The Bertz CT molecular complexity index is 720. The first-order valence-corrected chi connectivity index (χ1v) is 10.1. The minimum absolute atomic E-state index is 0.199. The maximum atomic E-state index is 13.3. The first kappa shape index (κ1) is 19.6. The molecule has 0 saturated heterocycles. The Balaban J connectivity index is 1.78. The molecule has 2 aromatic rings. The third kappa shape index (κ3) is 3.79. The summed E-state index contributed by atoms with van der Waals surface area (Å²) in [5.41, 5.74) is 3.30. The van der Waals surface area contributed by atoms with Gasteiger partial charge in [0.25, 0.3) is 0 Å². The van der Waals surface area contributed by atoms with Crippen molar-refractivity contribution in [2.75, 3.05) is 20.3 Å². The van der Waals surface area contributed by atoms with Crippen molar-refractivity contribution in [2.24, 2.45) is 0 Å². The zero-order chi connectivity index (χ0) is 19.1. The molecule has 0 atom stereocenters. The van der Waals surface area contributed by atoms with Crippen LogP contribution < -0.4 is 0 Å². The second-order valence-corrected chi connectivity index (χ2v) is 7.33. The number of hydrogen-bond donors (Lipinski definition) is 0. The van der Waals surface area contributed by atoms with Crippen LogP contribution in [-0.4, -0.2) is 26.3 Å². The molecular formula is C24H30O3. The molecule has 0 aromatic heterocycles. The lowest BCUT2D eigenvalue weighted by Gasteiger charge is -2.29. The summed E-state index contributed by atoms with van der Waals surface area (Å²) in [5, 5.41) is 0. The summed E-state index contributed by atoms with van der Waals surface area (Å²) >= 11 is 0. The molecule has 0 spiro atoms. The van der Waals surface area contributed by atoms with E-state index in [1.807, 2.05) is 36.4 Å². The van der Waals surface area contributed by atoms with Gasteiger partial charge in [-0.1, -0.05) is 87.6 Å². The molecule has 1 aliphatic carbocycles. The molecule has 27 heavy (non-hydrogen) atoms. The molecule has 0 heterocycles. The van der Waals surface area contributed by atoms with Crippen LogP contribution in [0.3, 0.4) is 0 Å². The molecule has 3 rings (SSSR count). The van der Waals surface area contributed by atoms with Gasteiger partial charge < -0.3 is 9.47 Å². The smallest absolute Gasteiger partial charge is 0.323 e. The molecule has 0 saturated carbocycles. The highest BCUT2D eigenvalue weighted by Crippen LogP contribution is 2.49. The Morgan fingerprint density at radius 1 is 0.852 bits per heavy atom. The largest absolute Gasteiger partial charge is 0.465 e. The fourth-order valence-electron chi connectivity index (χ4n) is 4.15. The third-order valence-corrected chi connectivity index (χ3v) is 5.50.